The molecule has 2 aromatic rings. The van der Waals surface area contributed by atoms with Gasteiger partial charge in [0.1, 0.15) is 0 Å². The molecule has 2 aromatic carbocycles. The molecule has 0 aliphatic rings. The van der Waals surface area contributed by atoms with Crippen molar-refractivity contribution in [2.45, 2.75) is 25.9 Å². The molecule has 0 heterocycles. The van der Waals surface area contributed by atoms with Crippen LogP contribution in [0.4, 0.5) is 0 Å². The molecule has 0 saturated heterocycles. The molecule has 0 aliphatic carbocycles. The summed E-state index contributed by atoms with van der Waals surface area (Å²) in [6.45, 7) is 4.12. The van der Waals surface area contributed by atoms with Crippen molar-refractivity contribution < 1.29 is 9.63 Å². The zero-order chi connectivity index (χ0) is 14.4. The van der Waals surface area contributed by atoms with Crippen LogP contribution in [0, 0.1) is 0 Å². The number of amides is 1. The summed E-state index contributed by atoms with van der Waals surface area (Å²) in [4.78, 5) is 17.5. The van der Waals surface area contributed by atoms with Gasteiger partial charge in [-0.3, -0.25) is 9.63 Å². The van der Waals surface area contributed by atoms with E-state index in [-0.39, 0.29) is 5.91 Å². The standard InChI is InChI=1S/C17H19NO2/c1-17(2,15-11-7-4-8-12-15)16(19)18-20-13-14-9-5-3-6-10-14/h3-12H,13H2,1-2H3,(H,18,19). The number of carbonyl (C=O) groups is 1. The Hall–Kier alpha value is -2.13. The first-order valence-corrected chi connectivity index (χ1v) is 6.62. The van der Waals surface area contributed by atoms with Gasteiger partial charge in [0.15, 0.2) is 0 Å². The molecule has 104 valence electrons. The van der Waals surface area contributed by atoms with Crippen LogP contribution in [0.5, 0.6) is 0 Å². The normalized spacial score (nSPS) is 11.1. The molecule has 1 amide bonds. The predicted molar refractivity (Wildman–Crippen MR) is 78.8 cm³/mol. The molecule has 0 saturated carbocycles. The number of hydrogen-bond acceptors (Lipinski definition) is 2. The Morgan fingerprint density at radius 3 is 2.15 bits per heavy atom. The third-order valence-electron chi connectivity index (χ3n) is 3.31. The Balaban J connectivity index is 1.91. The fourth-order valence-corrected chi connectivity index (χ4v) is 1.87. The molecule has 0 radical (unpaired) electrons. The van der Waals surface area contributed by atoms with E-state index < -0.39 is 5.41 Å². The summed E-state index contributed by atoms with van der Waals surface area (Å²) in [6, 6.07) is 19.4. The number of hydroxylamine groups is 1. The van der Waals surface area contributed by atoms with Gasteiger partial charge in [0.2, 0.25) is 0 Å². The van der Waals surface area contributed by atoms with Gasteiger partial charge in [-0.2, -0.15) is 0 Å². The van der Waals surface area contributed by atoms with Crippen LogP contribution in [0.2, 0.25) is 0 Å². The molecule has 0 unspecified atom stereocenters. The summed E-state index contributed by atoms with van der Waals surface area (Å²) in [7, 11) is 0. The Kier molecular flexibility index (Phi) is 4.53. The third-order valence-corrected chi connectivity index (χ3v) is 3.31. The predicted octanol–water partition coefficient (Wildman–Crippen LogP) is 3.21. The first-order valence-electron chi connectivity index (χ1n) is 6.62. The average molecular weight is 269 g/mol. The van der Waals surface area contributed by atoms with Gasteiger partial charge < -0.3 is 0 Å². The van der Waals surface area contributed by atoms with Crippen molar-refractivity contribution in [3.05, 3.63) is 71.8 Å². The molecule has 20 heavy (non-hydrogen) atoms. The lowest BCUT2D eigenvalue weighted by Crippen LogP contribution is -2.39. The highest BCUT2D eigenvalue weighted by molar-refractivity contribution is 5.86. The van der Waals surface area contributed by atoms with E-state index in [1.807, 2.05) is 74.5 Å². The minimum atomic E-state index is -0.627. The summed E-state index contributed by atoms with van der Waals surface area (Å²) in [5, 5.41) is 0. The quantitative estimate of drug-likeness (QED) is 0.846. The van der Waals surface area contributed by atoms with Crippen molar-refractivity contribution in [2.75, 3.05) is 0 Å². The van der Waals surface area contributed by atoms with E-state index in [1.54, 1.807) is 0 Å². The maximum absolute atomic E-state index is 12.2. The van der Waals surface area contributed by atoms with Crippen molar-refractivity contribution in [1.82, 2.24) is 5.48 Å². The maximum atomic E-state index is 12.2. The molecule has 1 N–H and O–H groups in total. The van der Waals surface area contributed by atoms with Gasteiger partial charge in [-0.25, -0.2) is 5.48 Å². The first-order chi connectivity index (χ1) is 9.60. The van der Waals surface area contributed by atoms with E-state index in [1.165, 1.54) is 0 Å². The summed E-state index contributed by atoms with van der Waals surface area (Å²) < 4.78 is 0. The van der Waals surface area contributed by atoms with Crippen molar-refractivity contribution in [1.29, 1.82) is 0 Å². The largest absolute Gasteiger partial charge is 0.272 e. The van der Waals surface area contributed by atoms with Crippen LogP contribution in [-0.2, 0) is 21.7 Å². The number of rotatable bonds is 5. The van der Waals surface area contributed by atoms with Gasteiger partial charge in [-0.15, -0.1) is 0 Å². The highest BCUT2D eigenvalue weighted by atomic mass is 16.6. The molecule has 0 bridgehead atoms. The van der Waals surface area contributed by atoms with Gasteiger partial charge >= 0.3 is 0 Å². The van der Waals surface area contributed by atoms with Crippen molar-refractivity contribution in [3.8, 4) is 0 Å². The lowest BCUT2D eigenvalue weighted by molar-refractivity contribution is -0.139. The molecule has 3 nitrogen and oxygen atoms in total. The van der Waals surface area contributed by atoms with E-state index in [9.17, 15) is 4.79 Å². The summed E-state index contributed by atoms with van der Waals surface area (Å²) in [6.07, 6.45) is 0. The fraction of sp³-hybridized carbons (Fsp3) is 0.235. The Morgan fingerprint density at radius 2 is 1.55 bits per heavy atom. The van der Waals surface area contributed by atoms with E-state index >= 15 is 0 Å². The van der Waals surface area contributed by atoms with Gasteiger partial charge in [-0.05, 0) is 25.0 Å². The van der Waals surface area contributed by atoms with Gasteiger partial charge in [0.25, 0.3) is 5.91 Å². The number of nitrogens with one attached hydrogen (secondary N) is 1. The Bertz CT molecular complexity index is 550. The monoisotopic (exact) mass is 269 g/mol. The van der Waals surface area contributed by atoms with Crippen molar-refractivity contribution >= 4 is 5.91 Å². The smallest absolute Gasteiger partial charge is 0.253 e. The van der Waals surface area contributed by atoms with E-state index in [4.69, 9.17) is 4.84 Å². The molecular weight excluding hydrogens is 250 g/mol. The lowest BCUT2D eigenvalue weighted by atomic mass is 9.84. The highest BCUT2D eigenvalue weighted by Crippen LogP contribution is 2.22. The Labute approximate surface area is 119 Å². The minimum absolute atomic E-state index is 0.153. The first kappa shape index (κ1) is 14.3. The van der Waals surface area contributed by atoms with Crippen LogP contribution in [0.15, 0.2) is 60.7 Å². The van der Waals surface area contributed by atoms with E-state index in [0.717, 1.165) is 11.1 Å². The van der Waals surface area contributed by atoms with Crippen molar-refractivity contribution in [3.63, 3.8) is 0 Å². The second-order valence-corrected chi connectivity index (χ2v) is 5.20. The molecule has 0 aromatic heterocycles. The van der Waals surface area contributed by atoms with Gasteiger partial charge in [0, 0.05) is 0 Å². The van der Waals surface area contributed by atoms with Gasteiger partial charge in [0.05, 0.1) is 12.0 Å². The minimum Gasteiger partial charge on any atom is -0.272 e. The number of hydrogen-bond donors (Lipinski definition) is 1. The van der Waals surface area contributed by atoms with Crippen LogP contribution in [-0.4, -0.2) is 5.91 Å². The van der Waals surface area contributed by atoms with E-state index in [2.05, 4.69) is 5.48 Å². The molecule has 0 atom stereocenters. The molecule has 2 rings (SSSR count). The second kappa shape index (κ2) is 6.35. The third kappa shape index (κ3) is 3.45. The molecule has 0 fully saturated rings. The summed E-state index contributed by atoms with van der Waals surface area (Å²) >= 11 is 0. The molecule has 0 spiro atoms. The van der Waals surface area contributed by atoms with Crippen molar-refractivity contribution in [2.24, 2.45) is 0 Å². The summed E-state index contributed by atoms with van der Waals surface area (Å²) in [5.74, 6) is -0.153. The van der Waals surface area contributed by atoms with Crippen LogP contribution in [0.25, 0.3) is 0 Å². The zero-order valence-corrected chi connectivity index (χ0v) is 11.8. The number of benzene rings is 2. The lowest BCUT2D eigenvalue weighted by Gasteiger charge is -2.23. The topological polar surface area (TPSA) is 38.3 Å². The Morgan fingerprint density at radius 1 is 1.00 bits per heavy atom. The molecular formula is C17H19NO2. The average Bonchev–Trinajstić information content (AvgIpc) is 2.49. The number of carbonyl (C=O) groups excluding carboxylic acids is 1. The van der Waals surface area contributed by atoms with Crippen LogP contribution >= 0.6 is 0 Å². The summed E-state index contributed by atoms with van der Waals surface area (Å²) in [5.41, 5.74) is 3.88. The highest BCUT2D eigenvalue weighted by Gasteiger charge is 2.29. The van der Waals surface area contributed by atoms with Crippen LogP contribution in [0.1, 0.15) is 25.0 Å². The molecule has 0 aliphatic heterocycles. The SMILES string of the molecule is CC(C)(C(=O)NOCc1ccccc1)c1ccccc1. The zero-order valence-electron chi connectivity index (χ0n) is 11.8. The second-order valence-electron chi connectivity index (χ2n) is 5.20. The maximum Gasteiger partial charge on any atom is 0.253 e. The van der Waals surface area contributed by atoms with E-state index in [0.29, 0.717) is 6.61 Å². The van der Waals surface area contributed by atoms with Gasteiger partial charge in [-0.1, -0.05) is 60.7 Å². The van der Waals surface area contributed by atoms with Crippen LogP contribution in [0.3, 0.4) is 0 Å². The fourth-order valence-electron chi connectivity index (χ4n) is 1.87. The van der Waals surface area contributed by atoms with Crippen LogP contribution < -0.4 is 5.48 Å². The molecule has 3 heteroatoms.